The van der Waals surface area contributed by atoms with E-state index in [1.165, 1.54) is 5.69 Å². The number of pyridine rings is 1. The van der Waals surface area contributed by atoms with Gasteiger partial charge >= 0.3 is 6.01 Å². The summed E-state index contributed by atoms with van der Waals surface area (Å²) in [6, 6.07) is 44.4. The van der Waals surface area contributed by atoms with Gasteiger partial charge in [-0.15, -0.1) is 42.0 Å². The van der Waals surface area contributed by atoms with Crippen molar-refractivity contribution < 1.29 is 29.1 Å². The second kappa shape index (κ2) is 12.1. The SMILES string of the molecule is CCCC[N+]1=C=[N+](c2[c-]cc3c(c2)oc2ccccc23)c2ccccc21.[Ir].[c-]1ccccc1-c1ccccn1. The average molecular weight is 686 g/mol. The van der Waals surface area contributed by atoms with Crippen molar-refractivity contribution in [2.45, 2.75) is 19.8 Å². The van der Waals surface area contributed by atoms with Crippen molar-refractivity contribution in [1.29, 1.82) is 0 Å². The monoisotopic (exact) mass is 686 g/mol. The van der Waals surface area contributed by atoms with E-state index in [2.05, 4.69) is 75.6 Å². The van der Waals surface area contributed by atoms with Crippen LogP contribution in [0.15, 0.2) is 114 Å². The Morgan fingerprint density at radius 1 is 0.821 bits per heavy atom. The molecule has 39 heavy (non-hydrogen) atoms. The van der Waals surface area contributed by atoms with Crippen LogP contribution in [0.25, 0.3) is 33.2 Å². The summed E-state index contributed by atoms with van der Waals surface area (Å²) in [5, 5.41) is 2.23. The van der Waals surface area contributed by atoms with Crippen LogP contribution >= 0.6 is 0 Å². The minimum absolute atomic E-state index is 0. The molecule has 6 aromatic rings. The maximum atomic E-state index is 6.04. The van der Waals surface area contributed by atoms with Gasteiger partial charge in [-0.2, -0.15) is 6.07 Å². The molecule has 0 bridgehead atoms. The fraction of sp³-hybridized carbons (Fsp3) is 0.118. The van der Waals surface area contributed by atoms with E-state index in [1.807, 2.05) is 66.7 Å². The van der Waals surface area contributed by atoms with E-state index in [0.717, 1.165) is 64.0 Å². The molecule has 4 nitrogen and oxygen atoms in total. The fourth-order valence-electron chi connectivity index (χ4n) is 4.64. The summed E-state index contributed by atoms with van der Waals surface area (Å²) in [6.07, 6.45) is 4.09. The van der Waals surface area contributed by atoms with Gasteiger partial charge in [0.2, 0.25) is 0 Å². The second-order valence-corrected chi connectivity index (χ2v) is 9.11. The molecule has 0 spiro atoms. The number of unbranched alkanes of at least 4 members (excludes halogenated alkanes) is 1. The number of hydrogen-bond acceptors (Lipinski definition) is 2. The number of furan rings is 1. The molecule has 0 unspecified atom stereocenters. The van der Waals surface area contributed by atoms with Crippen molar-refractivity contribution in [3.63, 3.8) is 0 Å². The predicted octanol–water partition coefficient (Wildman–Crippen LogP) is 8.40. The maximum absolute atomic E-state index is 6.04. The van der Waals surface area contributed by atoms with Gasteiger partial charge in [0, 0.05) is 50.4 Å². The third-order valence-corrected chi connectivity index (χ3v) is 6.56. The van der Waals surface area contributed by atoms with E-state index in [-0.39, 0.29) is 20.1 Å². The molecule has 0 aliphatic carbocycles. The molecule has 0 fully saturated rings. The van der Waals surface area contributed by atoms with Crippen LogP contribution in [0, 0.1) is 12.1 Å². The smallest absolute Gasteiger partial charge is 0.483 e. The first-order valence-corrected chi connectivity index (χ1v) is 13.0. The number of fused-ring (bicyclic) bond motifs is 4. The van der Waals surface area contributed by atoms with Gasteiger partial charge in [-0.1, -0.05) is 76.4 Å². The fourth-order valence-corrected chi connectivity index (χ4v) is 4.64. The van der Waals surface area contributed by atoms with E-state index in [9.17, 15) is 0 Å². The van der Waals surface area contributed by atoms with Gasteiger partial charge in [0.05, 0.1) is 0 Å². The Hall–Kier alpha value is -4.14. The van der Waals surface area contributed by atoms with Crippen LogP contribution in [0.5, 0.6) is 0 Å². The zero-order valence-corrected chi connectivity index (χ0v) is 24.0. The van der Waals surface area contributed by atoms with Gasteiger partial charge in [-0.25, -0.2) is 0 Å². The molecule has 1 aliphatic heterocycles. The minimum Gasteiger partial charge on any atom is -0.483 e. The Labute approximate surface area is 241 Å². The zero-order valence-electron chi connectivity index (χ0n) is 21.6. The van der Waals surface area contributed by atoms with Crippen LogP contribution < -0.4 is 4.58 Å². The van der Waals surface area contributed by atoms with Crippen molar-refractivity contribution in [3.8, 4) is 11.3 Å². The molecular formula is C34H27IrN3O. The Morgan fingerprint density at radius 3 is 2.41 bits per heavy atom. The molecule has 7 rings (SSSR count). The van der Waals surface area contributed by atoms with Gasteiger partial charge in [0.25, 0.3) is 11.4 Å². The van der Waals surface area contributed by atoms with Crippen molar-refractivity contribution in [1.82, 2.24) is 9.56 Å². The van der Waals surface area contributed by atoms with Crippen LogP contribution in [-0.4, -0.2) is 22.1 Å². The summed E-state index contributed by atoms with van der Waals surface area (Å²) in [6.45, 7) is 3.18. The largest absolute Gasteiger partial charge is 0.494 e. The Bertz CT molecular complexity index is 1750. The summed E-state index contributed by atoms with van der Waals surface area (Å²) in [4.78, 5) is 4.22. The minimum atomic E-state index is 0. The molecule has 4 aromatic carbocycles. The van der Waals surface area contributed by atoms with Gasteiger partial charge in [0.15, 0.2) is 6.54 Å². The number of para-hydroxylation sites is 3. The molecule has 1 aliphatic rings. The molecule has 0 atom stereocenters. The van der Waals surface area contributed by atoms with E-state index in [1.54, 1.807) is 6.20 Å². The van der Waals surface area contributed by atoms with Crippen molar-refractivity contribution in [2.75, 3.05) is 6.54 Å². The van der Waals surface area contributed by atoms with Gasteiger partial charge in [-0.05, 0) is 23.2 Å². The number of nitrogens with zero attached hydrogens (tertiary/aromatic N) is 3. The van der Waals surface area contributed by atoms with Crippen LogP contribution in [-0.2, 0) is 20.1 Å². The second-order valence-electron chi connectivity index (χ2n) is 9.11. The standard InChI is InChI=1S/C23H19N2O.C11H8N.Ir/c1-2-3-14-24-16-25(21-10-6-5-9-20(21)24)17-12-13-19-18-8-4-7-11-22(18)26-23(19)15-17;1-2-6-10(7-3-1)11-8-4-5-9-12-11;/h4-11,13,15H,2-3,14H2,1H3;1-6,8-9H;/q+1;-1;. The van der Waals surface area contributed by atoms with Crippen LogP contribution in [0.2, 0.25) is 0 Å². The average Bonchev–Trinajstić information content (AvgIpc) is 3.55. The molecule has 0 saturated carbocycles. The van der Waals surface area contributed by atoms with Gasteiger partial charge in [0.1, 0.15) is 11.3 Å². The first-order valence-electron chi connectivity index (χ1n) is 13.0. The molecule has 193 valence electrons. The van der Waals surface area contributed by atoms with Crippen molar-refractivity contribution >= 4 is 45.0 Å². The molecule has 3 heterocycles. The van der Waals surface area contributed by atoms with Crippen LogP contribution in [0.4, 0.5) is 17.1 Å². The van der Waals surface area contributed by atoms with Gasteiger partial charge < -0.3 is 9.40 Å². The molecule has 0 saturated heterocycles. The first-order chi connectivity index (χ1) is 18.8. The maximum Gasteiger partial charge on any atom is 0.494 e. The van der Waals surface area contributed by atoms with Crippen molar-refractivity contribution in [2.24, 2.45) is 0 Å². The predicted molar refractivity (Wildman–Crippen MR) is 154 cm³/mol. The first kappa shape index (κ1) is 26.5. The number of aromatic nitrogens is 1. The summed E-state index contributed by atoms with van der Waals surface area (Å²) < 4.78 is 10.3. The third kappa shape index (κ3) is 5.53. The Morgan fingerprint density at radius 2 is 1.62 bits per heavy atom. The van der Waals surface area contributed by atoms with E-state index >= 15 is 0 Å². The van der Waals surface area contributed by atoms with E-state index in [0.29, 0.717) is 0 Å². The number of rotatable bonds is 5. The number of benzene rings is 4. The molecule has 5 heteroatoms. The molecule has 2 aromatic heterocycles. The normalized spacial score (nSPS) is 11.7. The van der Waals surface area contributed by atoms with E-state index < -0.39 is 0 Å². The van der Waals surface area contributed by atoms with Crippen LogP contribution in [0.1, 0.15) is 19.8 Å². The third-order valence-electron chi connectivity index (χ3n) is 6.56. The molecule has 0 N–H and O–H groups in total. The Kier molecular flexibility index (Phi) is 8.24. The summed E-state index contributed by atoms with van der Waals surface area (Å²) in [5.41, 5.74) is 7.08. The van der Waals surface area contributed by atoms with Gasteiger partial charge in [-0.3, -0.25) is 0 Å². The quantitative estimate of drug-likeness (QED) is 0.135. The Balaban J connectivity index is 0.000000200. The number of hydrogen-bond donors (Lipinski definition) is 0. The zero-order chi connectivity index (χ0) is 25.7. The molecule has 1 radical (unpaired) electrons. The van der Waals surface area contributed by atoms with E-state index in [4.69, 9.17) is 4.42 Å². The van der Waals surface area contributed by atoms with Crippen LogP contribution in [0.3, 0.4) is 0 Å². The topological polar surface area (TPSA) is 32.0 Å². The summed E-state index contributed by atoms with van der Waals surface area (Å²) in [5.74, 6) is 0. The molecule has 0 amide bonds. The summed E-state index contributed by atoms with van der Waals surface area (Å²) >= 11 is 0. The summed E-state index contributed by atoms with van der Waals surface area (Å²) in [7, 11) is 0. The molecular weight excluding hydrogens is 659 g/mol. The van der Waals surface area contributed by atoms with Crippen molar-refractivity contribution in [3.05, 3.63) is 121 Å².